The molecule has 5 heteroatoms. The van der Waals surface area contributed by atoms with Crippen molar-refractivity contribution in [3.8, 4) is 0 Å². The van der Waals surface area contributed by atoms with Gasteiger partial charge in [0.25, 0.3) is 0 Å². The van der Waals surface area contributed by atoms with Gasteiger partial charge in [0.15, 0.2) is 0 Å². The van der Waals surface area contributed by atoms with Crippen LogP contribution in [0.25, 0.3) is 11.0 Å². The van der Waals surface area contributed by atoms with Crippen molar-refractivity contribution in [1.29, 1.82) is 0 Å². The Morgan fingerprint density at radius 3 is 2.87 bits per heavy atom. The van der Waals surface area contributed by atoms with Crippen molar-refractivity contribution in [1.82, 2.24) is 14.5 Å². The van der Waals surface area contributed by atoms with Gasteiger partial charge in [0.05, 0.1) is 29.8 Å². The molecule has 2 aromatic rings. The molecule has 0 radical (unpaired) electrons. The quantitative estimate of drug-likeness (QED) is 0.852. The van der Waals surface area contributed by atoms with Gasteiger partial charge in [0, 0.05) is 26.2 Å². The number of aryl methyl sites for hydroxylation is 1. The summed E-state index contributed by atoms with van der Waals surface area (Å²) < 4.78 is 7.95. The molecule has 1 saturated heterocycles. The zero-order valence-electron chi connectivity index (χ0n) is 14.1. The van der Waals surface area contributed by atoms with E-state index in [0.717, 1.165) is 37.4 Å². The number of unbranched alkanes of at least 4 members (excludes halogenated alkanes) is 1. The molecule has 0 bridgehead atoms. The number of aromatic nitrogens is 2. The molecular formula is C18H27N3O2. The Bertz CT molecular complexity index is 640. The maximum atomic E-state index is 10.1. The second-order valence-electron chi connectivity index (χ2n) is 6.28. The highest BCUT2D eigenvalue weighted by Crippen LogP contribution is 2.21. The van der Waals surface area contributed by atoms with Gasteiger partial charge in [-0.25, -0.2) is 4.98 Å². The van der Waals surface area contributed by atoms with E-state index < -0.39 is 6.10 Å². The average Bonchev–Trinajstić information content (AvgIpc) is 3.06. The lowest BCUT2D eigenvalue weighted by atomic mass is 10.3. The van der Waals surface area contributed by atoms with Crippen LogP contribution < -0.4 is 0 Å². The highest BCUT2D eigenvalue weighted by Gasteiger charge is 2.32. The van der Waals surface area contributed by atoms with Gasteiger partial charge in [-0.15, -0.1) is 0 Å². The number of benzene rings is 1. The predicted octanol–water partition coefficient (Wildman–Crippen LogP) is 2.42. The fraction of sp³-hybridized carbons (Fsp3) is 0.611. The first-order valence-corrected chi connectivity index (χ1v) is 8.69. The van der Waals surface area contributed by atoms with Crippen LogP contribution in [0.2, 0.25) is 0 Å². The van der Waals surface area contributed by atoms with Crippen molar-refractivity contribution in [2.75, 3.05) is 19.7 Å². The van der Waals surface area contributed by atoms with E-state index in [1.165, 1.54) is 11.9 Å². The lowest BCUT2D eigenvalue weighted by Crippen LogP contribution is -2.26. The summed E-state index contributed by atoms with van der Waals surface area (Å²) in [5, 5.41) is 10.1. The number of fused-ring (bicyclic) bond motifs is 1. The highest BCUT2D eigenvalue weighted by molar-refractivity contribution is 5.75. The van der Waals surface area contributed by atoms with Gasteiger partial charge in [-0.2, -0.15) is 0 Å². The summed E-state index contributed by atoms with van der Waals surface area (Å²) in [6.07, 6.45) is 1.84. The molecule has 1 fully saturated rings. The fourth-order valence-electron chi connectivity index (χ4n) is 3.35. The summed E-state index contributed by atoms with van der Waals surface area (Å²) >= 11 is 0. The SMILES string of the molecule is CCCCn1c(CN2C[C@@H](O)[C@H](OCC)C2)nc2ccccc21. The predicted molar refractivity (Wildman–Crippen MR) is 91.3 cm³/mol. The van der Waals surface area contributed by atoms with Gasteiger partial charge in [-0.05, 0) is 25.5 Å². The first kappa shape index (κ1) is 16.4. The van der Waals surface area contributed by atoms with E-state index in [0.29, 0.717) is 13.2 Å². The van der Waals surface area contributed by atoms with Crippen molar-refractivity contribution in [3.05, 3.63) is 30.1 Å². The minimum atomic E-state index is -0.400. The molecule has 23 heavy (non-hydrogen) atoms. The van der Waals surface area contributed by atoms with Crippen LogP contribution in [0.15, 0.2) is 24.3 Å². The molecule has 1 aliphatic heterocycles. The Morgan fingerprint density at radius 1 is 1.26 bits per heavy atom. The normalized spacial score (nSPS) is 22.2. The summed E-state index contributed by atoms with van der Waals surface area (Å²) in [5.74, 6) is 1.09. The summed E-state index contributed by atoms with van der Waals surface area (Å²) in [5.41, 5.74) is 2.26. The van der Waals surface area contributed by atoms with Gasteiger partial charge in [-0.1, -0.05) is 25.5 Å². The second-order valence-corrected chi connectivity index (χ2v) is 6.28. The Balaban J connectivity index is 1.79. The summed E-state index contributed by atoms with van der Waals surface area (Å²) in [7, 11) is 0. The van der Waals surface area contributed by atoms with Crippen LogP contribution in [-0.2, 0) is 17.8 Å². The van der Waals surface area contributed by atoms with Gasteiger partial charge in [0.1, 0.15) is 5.82 Å². The number of hydrogen-bond donors (Lipinski definition) is 1. The number of aliphatic hydroxyl groups is 1. The maximum Gasteiger partial charge on any atom is 0.124 e. The highest BCUT2D eigenvalue weighted by atomic mass is 16.5. The largest absolute Gasteiger partial charge is 0.389 e. The standard InChI is InChI=1S/C18H27N3O2/c1-3-5-10-21-15-9-7-6-8-14(15)19-18(21)13-20-11-16(22)17(12-20)23-4-2/h6-9,16-17,22H,3-5,10-13H2,1-2H3/t16-,17-/m1/s1. The van der Waals surface area contributed by atoms with E-state index in [2.05, 4.69) is 34.6 Å². The first-order valence-electron chi connectivity index (χ1n) is 8.69. The van der Waals surface area contributed by atoms with Gasteiger partial charge in [-0.3, -0.25) is 4.90 Å². The number of rotatable bonds is 7. The monoisotopic (exact) mass is 317 g/mol. The molecule has 1 aliphatic rings. The number of ether oxygens (including phenoxy) is 1. The third-order valence-electron chi connectivity index (χ3n) is 4.53. The molecule has 1 N–H and O–H groups in total. The van der Waals surface area contributed by atoms with E-state index >= 15 is 0 Å². The van der Waals surface area contributed by atoms with Crippen LogP contribution in [0.3, 0.4) is 0 Å². The minimum absolute atomic E-state index is 0.0755. The lowest BCUT2D eigenvalue weighted by molar-refractivity contribution is -0.00246. The van der Waals surface area contributed by atoms with E-state index in [-0.39, 0.29) is 6.10 Å². The fourth-order valence-corrected chi connectivity index (χ4v) is 3.35. The number of para-hydroxylation sites is 2. The van der Waals surface area contributed by atoms with Crippen molar-refractivity contribution < 1.29 is 9.84 Å². The van der Waals surface area contributed by atoms with Gasteiger partial charge in [0.2, 0.25) is 0 Å². The first-order chi connectivity index (χ1) is 11.2. The summed E-state index contributed by atoms with van der Waals surface area (Å²) in [4.78, 5) is 7.07. The number of β-amino-alcohol motifs (C(OH)–C–C–N with tert-alkyl or cyclic N) is 1. The molecule has 2 atom stereocenters. The zero-order valence-corrected chi connectivity index (χ0v) is 14.1. The number of likely N-dealkylation sites (tertiary alicyclic amines) is 1. The third-order valence-corrected chi connectivity index (χ3v) is 4.53. The van der Waals surface area contributed by atoms with E-state index in [1.807, 2.05) is 13.0 Å². The Morgan fingerprint density at radius 2 is 2.09 bits per heavy atom. The summed E-state index contributed by atoms with van der Waals surface area (Å²) in [6.45, 7) is 8.01. The maximum absolute atomic E-state index is 10.1. The molecule has 0 spiro atoms. The van der Waals surface area contributed by atoms with Crippen LogP contribution in [0.5, 0.6) is 0 Å². The van der Waals surface area contributed by atoms with Crippen LogP contribution in [-0.4, -0.2) is 51.5 Å². The minimum Gasteiger partial charge on any atom is -0.389 e. The summed E-state index contributed by atoms with van der Waals surface area (Å²) in [6, 6.07) is 8.32. The Hall–Kier alpha value is -1.43. The van der Waals surface area contributed by atoms with Crippen molar-refractivity contribution in [2.24, 2.45) is 0 Å². The van der Waals surface area contributed by atoms with E-state index in [9.17, 15) is 5.11 Å². The Labute approximate surface area is 137 Å². The Kier molecular flexibility index (Phi) is 5.30. The molecule has 0 amide bonds. The van der Waals surface area contributed by atoms with Gasteiger partial charge >= 0.3 is 0 Å². The molecule has 1 aromatic carbocycles. The third kappa shape index (κ3) is 3.57. The lowest BCUT2D eigenvalue weighted by Gasteiger charge is -2.16. The molecule has 0 saturated carbocycles. The molecule has 0 unspecified atom stereocenters. The molecule has 2 heterocycles. The van der Waals surface area contributed by atoms with E-state index in [1.54, 1.807) is 0 Å². The van der Waals surface area contributed by atoms with Gasteiger partial charge < -0.3 is 14.4 Å². The molecule has 1 aromatic heterocycles. The second kappa shape index (κ2) is 7.43. The number of hydrogen-bond acceptors (Lipinski definition) is 4. The van der Waals surface area contributed by atoms with Crippen molar-refractivity contribution >= 4 is 11.0 Å². The van der Waals surface area contributed by atoms with Crippen molar-refractivity contribution in [2.45, 2.75) is 52.0 Å². The molecule has 3 rings (SSSR count). The average molecular weight is 317 g/mol. The van der Waals surface area contributed by atoms with Crippen LogP contribution in [0.4, 0.5) is 0 Å². The topological polar surface area (TPSA) is 50.5 Å². The molecule has 0 aliphatic carbocycles. The van der Waals surface area contributed by atoms with Crippen LogP contribution in [0, 0.1) is 0 Å². The number of imidazole rings is 1. The zero-order chi connectivity index (χ0) is 16.2. The van der Waals surface area contributed by atoms with Crippen LogP contribution >= 0.6 is 0 Å². The van der Waals surface area contributed by atoms with Crippen LogP contribution in [0.1, 0.15) is 32.5 Å². The number of nitrogens with zero attached hydrogens (tertiary/aromatic N) is 3. The van der Waals surface area contributed by atoms with Crippen molar-refractivity contribution in [3.63, 3.8) is 0 Å². The molecule has 5 nitrogen and oxygen atoms in total. The number of aliphatic hydroxyl groups excluding tert-OH is 1. The molecule has 126 valence electrons. The smallest absolute Gasteiger partial charge is 0.124 e. The molecular weight excluding hydrogens is 290 g/mol. The van der Waals surface area contributed by atoms with E-state index in [4.69, 9.17) is 9.72 Å².